The van der Waals surface area contributed by atoms with Crippen LogP contribution in [-0.4, -0.2) is 5.11 Å². The minimum atomic E-state index is 0.274. The third-order valence-electron chi connectivity index (χ3n) is 3.02. The largest absolute Gasteiger partial charge is 0.508 e. The van der Waals surface area contributed by atoms with Crippen LogP contribution < -0.4 is 5.32 Å². The Kier molecular flexibility index (Phi) is 4.05. The Hall–Kier alpha value is -1.74. The normalized spacial score (nSPS) is 12.6. The van der Waals surface area contributed by atoms with Crippen LogP contribution in [0.3, 0.4) is 0 Å². The van der Waals surface area contributed by atoms with E-state index in [1.807, 2.05) is 31.2 Å². The van der Waals surface area contributed by atoms with E-state index in [4.69, 9.17) is 4.42 Å². The van der Waals surface area contributed by atoms with Crippen molar-refractivity contribution in [2.45, 2.75) is 32.9 Å². The lowest BCUT2D eigenvalue weighted by molar-refractivity contribution is 0.430. The van der Waals surface area contributed by atoms with Crippen LogP contribution in [0.4, 0.5) is 0 Å². The Morgan fingerprint density at radius 2 is 1.89 bits per heavy atom. The fraction of sp³-hybridized carbons (Fsp3) is 0.333. The second-order valence-electron chi connectivity index (χ2n) is 4.45. The molecule has 0 aliphatic carbocycles. The monoisotopic (exact) mass is 245 g/mol. The van der Waals surface area contributed by atoms with Crippen molar-refractivity contribution in [2.75, 3.05) is 0 Å². The topological polar surface area (TPSA) is 45.4 Å². The molecule has 1 heterocycles. The van der Waals surface area contributed by atoms with E-state index >= 15 is 0 Å². The molecule has 2 rings (SSSR count). The third-order valence-corrected chi connectivity index (χ3v) is 3.02. The van der Waals surface area contributed by atoms with Crippen molar-refractivity contribution < 1.29 is 9.52 Å². The van der Waals surface area contributed by atoms with Crippen molar-refractivity contribution in [1.29, 1.82) is 0 Å². The van der Waals surface area contributed by atoms with Gasteiger partial charge in [0.25, 0.3) is 0 Å². The summed E-state index contributed by atoms with van der Waals surface area (Å²) >= 11 is 0. The first kappa shape index (κ1) is 12.7. The number of nitrogens with one attached hydrogen (secondary N) is 1. The third kappa shape index (κ3) is 3.14. The number of phenols is 1. The minimum Gasteiger partial charge on any atom is -0.508 e. The van der Waals surface area contributed by atoms with Gasteiger partial charge >= 0.3 is 0 Å². The summed E-state index contributed by atoms with van der Waals surface area (Å²) in [6.45, 7) is 4.80. The number of hydrogen-bond acceptors (Lipinski definition) is 3. The summed E-state index contributed by atoms with van der Waals surface area (Å²) in [7, 11) is 0. The molecule has 0 bridgehead atoms. The Morgan fingerprint density at radius 3 is 2.44 bits per heavy atom. The quantitative estimate of drug-likeness (QED) is 0.847. The molecule has 3 heteroatoms. The lowest BCUT2D eigenvalue weighted by Crippen LogP contribution is -2.19. The molecular weight excluding hydrogens is 226 g/mol. The number of aromatic hydroxyl groups is 1. The van der Waals surface area contributed by atoms with Crippen molar-refractivity contribution in [1.82, 2.24) is 5.32 Å². The number of furan rings is 1. The SMILES string of the molecule is CCC(NCc1ccc(C)o1)c1ccc(O)cc1. The van der Waals surface area contributed by atoms with E-state index in [1.165, 1.54) is 5.56 Å². The van der Waals surface area contributed by atoms with Crippen LogP contribution in [0.15, 0.2) is 40.8 Å². The zero-order valence-electron chi connectivity index (χ0n) is 10.8. The molecule has 0 fully saturated rings. The second-order valence-corrected chi connectivity index (χ2v) is 4.45. The Bertz CT molecular complexity index is 487. The van der Waals surface area contributed by atoms with Crippen molar-refractivity contribution in [2.24, 2.45) is 0 Å². The summed E-state index contributed by atoms with van der Waals surface area (Å²) in [5.41, 5.74) is 1.18. The molecule has 0 aliphatic rings. The molecule has 0 aliphatic heterocycles. The Labute approximate surface area is 107 Å². The summed E-state index contributed by atoms with van der Waals surface area (Å²) in [5.74, 6) is 2.18. The highest BCUT2D eigenvalue weighted by molar-refractivity contribution is 5.28. The Balaban J connectivity index is 1.99. The molecule has 2 N–H and O–H groups in total. The van der Waals surface area contributed by atoms with E-state index in [0.29, 0.717) is 12.3 Å². The fourth-order valence-electron chi connectivity index (χ4n) is 2.01. The Morgan fingerprint density at radius 1 is 1.17 bits per heavy atom. The van der Waals surface area contributed by atoms with Crippen molar-refractivity contribution >= 4 is 0 Å². The minimum absolute atomic E-state index is 0.274. The highest BCUT2D eigenvalue weighted by atomic mass is 16.3. The standard InChI is InChI=1S/C15H19NO2/c1-3-15(12-5-7-13(17)8-6-12)16-10-14-9-4-11(2)18-14/h4-9,15-17H,3,10H2,1-2H3. The molecule has 2 aromatic rings. The molecular formula is C15H19NO2. The van der Waals surface area contributed by atoms with Gasteiger partial charge in [-0.1, -0.05) is 19.1 Å². The number of rotatable bonds is 5. The summed E-state index contributed by atoms with van der Waals surface area (Å²) < 4.78 is 5.53. The number of phenolic OH excluding ortho intramolecular Hbond substituents is 1. The second kappa shape index (κ2) is 5.74. The predicted molar refractivity (Wildman–Crippen MR) is 71.4 cm³/mol. The van der Waals surface area contributed by atoms with Crippen LogP contribution >= 0.6 is 0 Å². The van der Waals surface area contributed by atoms with Crippen LogP contribution in [0.1, 0.15) is 36.5 Å². The van der Waals surface area contributed by atoms with Gasteiger partial charge in [0, 0.05) is 6.04 Å². The first-order valence-electron chi connectivity index (χ1n) is 6.26. The first-order chi connectivity index (χ1) is 8.69. The predicted octanol–water partition coefficient (Wildman–Crippen LogP) is 3.53. The molecule has 1 aromatic heterocycles. The first-order valence-corrected chi connectivity index (χ1v) is 6.26. The molecule has 0 saturated heterocycles. The van der Waals surface area contributed by atoms with Gasteiger partial charge in [-0.2, -0.15) is 0 Å². The van der Waals surface area contributed by atoms with Gasteiger partial charge in [-0.05, 0) is 43.2 Å². The zero-order valence-corrected chi connectivity index (χ0v) is 10.8. The number of aryl methyl sites for hydroxylation is 1. The lowest BCUT2D eigenvalue weighted by atomic mass is 10.0. The van der Waals surface area contributed by atoms with Crippen molar-refractivity contribution in [3.8, 4) is 5.75 Å². The van der Waals surface area contributed by atoms with Gasteiger partial charge < -0.3 is 14.8 Å². The summed E-state index contributed by atoms with van der Waals surface area (Å²) in [6.07, 6.45) is 0.991. The molecule has 1 unspecified atom stereocenters. The van der Waals surface area contributed by atoms with Gasteiger partial charge in [-0.3, -0.25) is 0 Å². The molecule has 96 valence electrons. The fourth-order valence-corrected chi connectivity index (χ4v) is 2.01. The van der Waals surface area contributed by atoms with Crippen molar-refractivity contribution in [3.05, 3.63) is 53.5 Å². The summed E-state index contributed by atoms with van der Waals surface area (Å²) in [5, 5.41) is 12.7. The summed E-state index contributed by atoms with van der Waals surface area (Å²) in [4.78, 5) is 0. The van der Waals surface area contributed by atoms with Gasteiger partial charge in [-0.25, -0.2) is 0 Å². The molecule has 0 spiro atoms. The van der Waals surface area contributed by atoms with E-state index in [-0.39, 0.29) is 6.04 Å². The highest BCUT2D eigenvalue weighted by Gasteiger charge is 2.09. The van der Waals surface area contributed by atoms with E-state index in [2.05, 4.69) is 12.2 Å². The molecule has 0 radical (unpaired) electrons. The van der Waals surface area contributed by atoms with Gasteiger partial charge in [0.1, 0.15) is 17.3 Å². The zero-order chi connectivity index (χ0) is 13.0. The van der Waals surface area contributed by atoms with Crippen LogP contribution in [0, 0.1) is 6.92 Å². The number of hydrogen-bond donors (Lipinski definition) is 2. The van der Waals surface area contributed by atoms with E-state index in [9.17, 15) is 5.11 Å². The maximum Gasteiger partial charge on any atom is 0.117 e. The summed E-state index contributed by atoms with van der Waals surface area (Å²) in [6, 6.07) is 11.6. The average Bonchev–Trinajstić information content (AvgIpc) is 2.78. The lowest BCUT2D eigenvalue weighted by Gasteiger charge is -2.16. The van der Waals surface area contributed by atoms with E-state index < -0.39 is 0 Å². The molecule has 1 atom stereocenters. The van der Waals surface area contributed by atoms with E-state index in [0.717, 1.165) is 17.9 Å². The molecule has 0 amide bonds. The smallest absolute Gasteiger partial charge is 0.117 e. The molecule has 1 aromatic carbocycles. The van der Waals surface area contributed by atoms with Gasteiger partial charge in [-0.15, -0.1) is 0 Å². The maximum absolute atomic E-state index is 9.29. The molecule has 3 nitrogen and oxygen atoms in total. The van der Waals surface area contributed by atoms with Crippen LogP contribution in [-0.2, 0) is 6.54 Å². The van der Waals surface area contributed by atoms with Gasteiger partial charge in [0.15, 0.2) is 0 Å². The maximum atomic E-state index is 9.29. The highest BCUT2D eigenvalue weighted by Crippen LogP contribution is 2.20. The van der Waals surface area contributed by atoms with Gasteiger partial charge in [0.2, 0.25) is 0 Å². The average molecular weight is 245 g/mol. The van der Waals surface area contributed by atoms with Crippen molar-refractivity contribution in [3.63, 3.8) is 0 Å². The van der Waals surface area contributed by atoms with E-state index in [1.54, 1.807) is 12.1 Å². The van der Waals surface area contributed by atoms with Gasteiger partial charge in [0.05, 0.1) is 6.54 Å². The van der Waals surface area contributed by atoms with Crippen LogP contribution in [0.25, 0.3) is 0 Å². The molecule has 0 saturated carbocycles. The molecule has 18 heavy (non-hydrogen) atoms. The van der Waals surface area contributed by atoms with Crippen LogP contribution in [0.5, 0.6) is 5.75 Å². The van der Waals surface area contributed by atoms with Crippen LogP contribution in [0.2, 0.25) is 0 Å². The number of benzene rings is 1.